The number of rotatable bonds is 4. The van der Waals surface area contributed by atoms with Crippen LogP contribution in [0.1, 0.15) is 15.9 Å². The third-order valence-electron chi connectivity index (χ3n) is 3.11. The van der Waals surface area contributed by atoms with Crippen molar-refractivity contribution in [1.29, 1.82) is 0 Å². The second-order valence-electron chi connectivity index (χ2n) is 4.60. The lowest BCUT2D eigenvalue weighted by Crippen LogP contribution is -2.27. The summed E-state index contributed by atoms with van der Waals surface area (Å²) in [5.74, 6) is -0.0581. The van der Waals surface area contributed by atoms with Crippen molar-refractivity contribution >= 4 is 21.8 Å². The smallest absolute Gasteiger partial charge is 0.257 e. The number of hydrogen-bond donors (Lipinski definition) is 0. The Morgan fingerprint density at radius 1 is 1.29 bits per heavy atom. The Labute approximate surface area is 131 Å². The van der Waals surface area contributed by atoms with Gasteiger partial charge >= 0.3 is 0 Å². The van der Waals surface area contributed by atoms with Gasteiger partial charge in [-0.05, 0) is 24.3 Å². The summed E-state index contributed by atoms with van der Waals surface area (Å²) >= 11 is 3.33. The molecule has 0 unspecified atom stereocenters. The number of ether oxygens (including phenoxy) is 1. The Morgan fingerprint density at radius 2 is 2.00 bits per heavy atom. The maximum absolute atomic E-state index is 13.6. The van der Waals surface area contributed by atoms with Gasteiger partial charge in [-0.15, -0.1) is 0 Å². The summed E-state index contributed by atoms with van der Waals surface area (Å²) in [6, 6.07) is 11.6. The van der Waals surface area contributed by atoms with Gasteiger partial charge < -0.3 is 9.64 Å². The Hall–Kier alpha value is -1.88. The van der Waals surface area contributed by atoms with Gasteiger partial charge in [0.25, 0.3) is 5.91 Å². The number of carbonyl (C=O) groups excluding carboxylic acids is 1. The average molecular weight is 352 g/mol. The highest BCUT2D eigenvalue weighted by Crippen LogP contribution is 2.25. The molecule has 21 heavy (non-hydrogen) atoms. The number of benzene rings is 2. The van der Waals surface area contributed by atoms with Crippen LogP contribution in [-0.2, 0) is 6.54 Å². The molecule has 2 aromatic carbocycles. The molecule has 0 saturated heterocycles. The van der Waals surface area contributed by atoms with Crippen molar-refractivity contribution in [2.24, 2.45) is 0 Å². The zero-order chi connectivity index (χ0) is 15.4. The summed E-state index contributed by atoms with van der Waals surface area (Å²) in [5.41, 5.74) is 0.920. The third kappa shape index (κ3) is 3.61. The molecule has 3 nitrogen and oxygen atoms in total. The zero-order valence-corrected chi connectivity index (χ0v) is 13.4. The SMILES string of the molecule is COc1cc(Br)ccc1C(=O)N(C)Cc1ccccc1F. The normalized spacial score (nSPS) is 10.3. The summed E-state index contributed by atoms with van der Waals surface area (Å²) in [6.07, 6.45) is 0. The molecule has 0 aliphatic rings. The summed E-state index contributed by atoms with van der Waals surface area (Å²) in [5, 5.41) is 0. The topological polar surface area (TPSA) is 29.5 Å². The quantitative estimate of drug-likeness (QED) is 0.836. The predicted octanol–water partition coefficient (Wildman–Crippen LogP) is 3.87. The molecule has 2 aromatic rings. The molecular formula is C16H15BrFNO2. The van der Waals surface area contributed by atoms with Crippen LogP contribution in [0.2, 0.25) is 0 Å². The van der Waals surface area contributed by atoms with Crippen molar-refractivity contribution in [3.05, 3.63) is 63.9 Å². The van der Waals surface area contributed by atoms with Gasteiger partial charge in [0, 0.05) is 23.6 Å². The molecule has 0 N–H and O–H groups in total. The minimum absolute atomic E-state index is 0.199. The molecule has 0 fully saturated rings. The zero-order valence-electron chi connectivity index (χ0n) is 11.8. The standard InChI is InChI=1S/C16H15BrFNO2/c1-19(10-11-5-3-4-6-14(11)18)16(20)13-8-7-12(17)9-15(13)21-2/h3-9H,10H2,1-2H3. The lowest BCUT2D eigenvalue weighted by molar-refractivity contribution is 0.0780. The van der Waals surface area contributed by atoms with E-state index in [0.717, 1.165) is 4.47 Å². The van der Waals surface area contributed by atoms with Gasteiger partial charge in [0.2, 0.25) is 0 Å². The van der Waals surface area contributed by atoms with Gasteiger partial charge in [0.15, 0.2) is 0 Å². The van der Waals surface area contributed by atoms with E-state index in [-0.39, 0.29) is 18.3 Å². The van der Waals surface area contributed by atoms with E-state index < -0.39 is 0 Å². The van der Waals surface area contributed by atoms with Gasteiger partial charge in [-0.1, -0.05) is 34.1 Å². The fraction of sp³-hybridized carbons (Fsp3) is 0.188. The van der Waals surface area contributed by atoms with E-state index in [0.29, 0.717) is 16.9 Å². The Bertz CT molecular complexity index is 660. The van der Waals surface area contributed by atoms with Crippen molar-refractivity contribution in [2.75, 3.05) is 14.2 Å². The molecular weight excluding hydrogens is 337 g/mol. The van der Waals surface area contributed by atoms with Crippen LogP contribution in [0.3, 0.4) is 0 Å². The van der Waals surface area contributed by atoms with Gasteiger partial charge in [-0.2, -0.15) is 0 Å². The summed E-state index contributed by atoms with van der Waals surface area (Å²) in [4.78, 5) is 13.9. The highest BCUT2D eigenvalue weighted by Gasteiger charge is 2.18. The molecule has 5 heteroatoms. The first-order valence-electron chi connectivity index (χ1n) is 6.35. The average Bonchev–Trinajstić information content (AvgIpc) is 2.48. The monoisotopic (exact) mass is 351 g/mol. The van der Waals surface area contributed by atoms with Crippen LogP contribution in [0.5, 0.6) is 5.75 Å². The van der Waals surface area contributed by atoms with Crippen LogP contribution in [-0.4, -0.2) is 25.0 Å². The predicted molar refractivity (Wildman–Crippen MR) is 82.9 cm³/mol. The van der Waals surface area contributed by atoms with E-state index in [1.807, 2.05) is 0 Å². The first kappa shape index (κ1) is 15.5. The fourth-order valence-corrected chi connectivity index (χ4v) is 2.34. The molecule has 0 aromatic heterocycles. The van der Waals surface area contributed by atoms with Crippen molar-refractivity contribution in [1.82, 2.24) is 4.90 Å². The summed E-state index contributed by atoms with van der Waals surface area (Å²) in [6.45, 7) is 0.199. The van der Waals surface area contributed by atoms with Crippen LogP contribution >= 0.6 is 15.9 Å². The molecule has 0 bridgehead atoms. The van der Waals surface area contributed by atoms with Gasteiger partial charge in [0.1, 0.15) is 11.6 Å². The number of methoxy groups -OCH3 is 1. The lowest BCUT2D eigenvalue weighted by atomic mass is 10.1. The van der Waals surface area contributed by atoms with Crippen molar-refractivity contribution in [2.45, 2.75) is 6.54 Å². The van der Waals surface area contributed by atoms with Crippen molar-refractivity contribution in [3.8, 4) is 5.75 Å². The van der Waals surface area contributed by atoms with E-state index in [4.69, 9.17) is 4.74 Å². The molecule has 0 spiro atoms. The summed E-state index contributed by atoms with van der Waals surface area (Å²) < 4.78 is 19.7. The summed E-state index contributed by atoms with van der Waals surface area (Å²) in [7, 11) is 3.14. The van der Waals surface area contributed by atoms with Crippen LogP contribution < -0.4 is 4.74 Å². The van der Waals surface area contributed by atoms with Crippen LogP contribution in [0.15, 0.2) is 46.9 Å². The second kappa shape index (κ2) is 6.72. The van der Waals surface area contributed by atoms with Gasteiger partial charge in [-0.25, -0.2) is 4.39 Å². The minimum atomic E-state index is -0.320. The van der Waals surface area contributed by atoms with E-state index >= 15 is 0 Å². The van der Waals surface area contributed by atoms with E-state index in [9.17, 15) is 9.18 Å². The Balaban J connectivity index is 2.22. The molecule has 0 heterocycles. The third-order valence-corrected chi connectivity index (χ3v) is 3.60. The molecule has 2 rings (SSSR count). The molecule has 0 saturated carbocycles. The number of carbonyl (C=O) groups is 1. The van der Waals surface area contributed by atoms with Crippen molar-refractivity contribution < 1.29 is 13.9 Å². The van der Waals surface area contributed by atoms with E-state index in [1.54, 1.807) is 43.4 Å². The Kier molecular flexibility index (Phi) is 4.96. The van der Waals surface area contributed by atoms with E-state index in [1.165, 1.54) is 18.1 Å². The first-order chi connectivity index (χ1) is 10.0. The fourth-order valence-electron chi connectivity index (χ4n) is 2.00. The molecule has 0 radical (unpaired) electrons. The van der Waals surface area contributed by atoms with Crippen molar-refractivity contribution in [3.63, 3.8) is 0 Å². The minimum Gasteiger partial charge on any atom is -0.496 e. The number of amides is 1. The number of halogens is 2. The molecule has 0 atom stereocenters. The highest BCUT2D eigenvalue weighted by molar-refractivity contribution is 9.10. The Morgan fingerprint density at radius 3 is 2.67 bits per heavy atom. The number of nitrogens with zero attached hydrogens (tertiary/aromatic N) is 1. The molecule has 0 aliphatic carbocycles. The molecule has 0 aliphatic heterocycles. The molecule has 1 amide bonds. The maximum atomic E-state index is 13.6. The largest absolute Gasteiger partial charge is 0.496 e. The second-order valence-corrected chi connectivity index (χ2v) is 5.51. The van der Waals surface area contributed by atoms with Crippen LogP contribution in [0, 0.1) is 5.82 Å². The highest BCUT2D eigenvalue weighted by atomic mass is 79.9. The van der Waals surface area contributed by atoms with Gasteiger partial charge in [-0.3, -0.25) is 4.79 Å². The van der Waals surface area contributed by atoms with Crippen LogP contribution in [0.25, 0.3) is 0 Å². The van der Waals surface area contributed by atoms with Crippen LogP contribution in [0.4, 0.5) is 4.39 Å². The molecule has 110 valence electrons. The first-order valence-corrected chi connectivity index (χ1v) is 7.14. The maximum Gasteiger partial charge on any atom is 0.257 e. The van der Waals surface area contributed by atoms with Gasteiger partial charge in [0.05, 0.1) is 12.7 Å². The van der Waals surface area contributed by atoms with E-state index in [2.05, 4.69) is 15.9 Å². The lowest BCUT2D eigenvalue weighted by Gasteiger charge is -2.19. The number of hydrogen-bond acceptors (Lipinski definition) is 2.